The average molecular weight is 157 g/mol. The zero-order chi connectivity index (χ0) is 8.43. The molecule has 4 nitrogen and oxygen atoms in total. The summed E-state index contributed by atoms with van der Waals surface area (Å²) in [5.74, 6) is 0.674. The van der Waals surface area contributed by atoms with E-state index in [9.17, 15) is 0 Å². The summed E-state index contributed by atoms with van der Waals surface area (Å²) in [7, 11) is 1.83. The molecule has 64 valence electrons. The first-order chi connectivity index (χ1) is 5.11. The third kappa shape index (κ3) is 1.83. The summed E-state index contributed by atoms with van der Waals surface area (Å²) in [6.07, 6.45) is 0.330. The van der Waals surface area contributed by atoms with E-state index in [1.54, 1.807) is 4.90 Å². The molecule has 0 bridgehead atoms. The van der Waals surface area contributed by atoms with E-state index in [-0.39, 0.29) is 5.96 Å². The van der Waals surface area contributed by atoms with E-state index < -0.39 is 0 Å². The van der Waals surface area contributed by atoms with Crippen LogP contribution in [-0.2, 0) is 4.74 Å². The quantitative estimate of drug-likeness (QED) is 0.432. The Hall–Kier alpha value is -0.770. The molecule has 2 atom stereocenters. The topological polar surface area (TPSA) is 62.3 Å². The van der Waals surface area contributed by atoms with Crippen molar-refractivity contribution < 1.29 is 4.74 Å². The second kappa shape index (κ2) is 3.09. The summed E-state index contributed by atoms with van der Waals surface area (Å²) in [5, 5.41) is 7.12. The Morgan fingerprint density at radius 1 is 1.82 bits per heavy atom. The third-order valence-electron chi connectivity index (χ3n) is 2.16. The highest BCUT2D eigenvalue weighted by molar-refractivity contribution is 5.74. The predicted molar refractivity (Wildman–Crippen MR) is 43.4 cm³/mol. The molecule has 1 fully saturated rings. The van der Waals surface area contributed by atoms with E-state index in [2.05, 4.69) is 0 Å². The van der Waals surface area contributed by atoms with E-state index in [4.69, 9.17) is 15.9 Å². The van der Waals surface area contributed by atoms with Crippen LogP contribution in [0, 0.1) is 11.3 Å². The molecule has 0 spiro atoms. The van der Waals surface area contributed by atoms with Gasteiger partial charge >= 0.3 is 0 Å². The standard InChI is InChI=1S/C7H15N3O/c1-5-6(4-11-5)3-10(2)7(8)9/h5-6H,3-4H2,1-2H3,(H3,8,9). The van der Waals surface area contributed by atoms with E-state index in [0.29, 0.717) is 12.0 Å². The third-order valence-corrected chi connectivity index (χ3v) is 2.16. The zero-order valence-corrected chi connectivity index (χ0v) is 7.00. The number of nitrogens with two attached hydrogens (primary N) is 1. The number of nitrogens with one attached hydrogen (secondary N) is 1. The van der Waals surface area contributed by atoms with Gasteiger partial charge in [-0.3, -0.25) is 5.41 Å². The summed E-state index contributed by atoms with van der Waals surface area (Å²) in [6, 6.07) is 0. The fraction of sp³-hybridized carbons (Fsp3) is 0.857. The van der Waals surface area contributed by atoms with Gasteiger partial charge in [0.05, 0.1) is 12.7 Å². The molecule has 0 aromatic rings. The first-order valence-electron chi connectivity index (χ1n) is 3.78. The monoisotopic (exact) mass is 157 g/mol. The molecule has 1 aliphatic rings. The first-order valence-corrected chi connectivity index (χ1v) is 3.78. The second-order valence-corrected chi connectivity index (χ2v) is 3.06. The summed E-state index contributed by atoms with van der Waals surface area (Å²) in [6.45, 7) is 3.68. The Bertz CT molecular complexity index is 160. The molecule has 3 N–H and O–H groups in total. The lowest BCUT2D eigenvalue weighted by Gasteiger charge is -2.36. The van der Waals surface area contributed by atoms with Crippen LogP contribution in [0.3, 0.4) is 0 Å². The van der Waals surface area contributed by atoms with Gasteiger partial charge in [0.25, 0.3) is 0 Å². The fourth-order valence-corrected chi connectivity index (χ4v) is 1.08. The van der Waals surface area contributed by atoms with Crippen LogP contribution >= 0.6 is 0 Å². The van der Waals surface area contributed by atoms with Crippen molar-refractivity contribution in [2.45, 2.75) is 13.0 Å². The van der Waals surface area contributed by atoms with Gasteiger partial charge in [0, 0.05) is 19.5 Å². The van der Waals surface area contributed by atoms with Gasteiger partial charge in [-0.05, 0) is 6.92 Å². The molecule has 11 heavy (non-hydrogen) atoms. The van der Waals surface area contributed by atoms with Crippen LogP contribution in [-0.4, -0.2) is 37.2 Å². The molecule has 0 aliphatic carbocycles. The number of hydrogen-bond acceptors (Lipinski definition) is 2. The van der Waals surface area contributed by atoms with Crippen molar-refractivity contribution in [3.8, 4) is 0 Å². The van der Waals surface area contributed by atoms with Crippen LogP contribution in [0.25, 0.3) is 0 Å². The maximum Gasteiger partial charge on any atom is 0.188 e. The molecule has 1 rings (SSSR count). The lowest BCUT2D eigenvalue weighted by molar-refractivity contribution is -0.106. The second-order valence-electron chi connectivity index (χ2n) is 3.06. The summed E-state index contributed by atoms with van der Waals surface area (Å²) < 4.78 is 5.19. The van der Waals surface area contributed by atoms with E-state index in [1.165, 1.54) is 0 Å². The Balaban J connectivity index is 2.25. The van der Waals surface area contributed by atoms with E-state index in [1.807, 2.05) is 14.0 Å². The Morgan fingerprint density at radius 2 is 2.45 bits per heavy atom. The molecule has 1 saturated heterocycles. The number of rotatable bonds is 2. The van der Waals surface area contributed by atoms with Gasteiger partial charge < -0.3 is 15.4 Å². The highest BCUT2D eigenvalue weighted by Crippen LogP contribution is 2.19. The molecule has 0 amide bonds. The SMILES string of the molecule is CC1OCC1CN(C)C(=N)N. The van der Waals surface area contributed by atoms with Crippen molar-refractivity contribution in [1.29, 1.82) is 5.41 Å². The molecular formula is C7H15N3O. The lowest BCUT2D eigenvalue weighted by Crippen LogP contribution is -2.47. The van der Waals surface area contributed by atoms with Crippen LogP contribution in [0.5, 0.6) is 0 Å². The molecule has 2 unspecified atom stereocenters. The zero-order valence-electron chi connectivity index (χ0n) is 7.00. The van der Waals surface area contributed by atoms with Crippen LogP contribution in [0.15, 0.2) is 0 Å². The average Bonchev–Trinajstić information content (AvgIpc) is 1.96. The predicted octanol–water partition coefficient (Wildman–Crippen LogP) is -0.153. The number of guanidine groups is 1. The van der Waals surface area contributed by atoms with Gasteiger partial charge in [-0.2, -0.15) is 0 Å². The molecule has 0 aromatic heterocycles. The summed E-state index contributed by atoms with van der Waals surface area (Å²) in [5.41, 5.74) is 5.28. The Morgan fingerprint density at radius 3 is 2.73 bits per heavy atom. The molecule has 1 aliphatic heterocycles. The lowest BCUT2D eigenvalue weighted by atomic mass is 9.99. The number of ether oxygens (including phenoxy) is 1. The summed E-state index contributed by atoms with van der Waals surface area (Å²) in [4.78, 5) is 1.74. The van der Waals surface area contributed by atoms with Gasteiger partial charge in [0.15, 0.2) is 5.96 Å². The van der Waals surface area contributed by atoms with Gasteiger partial charge in [-0.15, -0.1) is 0 Å². The van der Waals surface area contributed by atoms with Gasteiger partial charge in [0.1, 0.15) is 0 Å². The van der Waals surface area contributed by atoms with E-state index in [0.717, 1.165) is 13.2 Å². The van der Waals surface area contributed by atoms with Crippen LogP contribution < -0.4 is 5.73 Å². The Kier molecular flexibility index (Phi) is 2.34. The first kappa shape index (κ1) is 8.33. The highest BCUT2D eigenvalue weighted by Gasteiger charge is 2.28. The van der Waals surface area contributed by atoms with Crippen LogP contribution in [0.2, 0.25) is 0 Å². The minimum Gasteiger partial charge on any atom is -0.378 e. The normalized spacial score (nSPS) is 29.3. The van der Waals surface area contributed by atoms with Crippen molar-refractivity contribution in [3.05, 3.63) is 0 Å². The maximum absolute atomic E-state index is 7.12. The van der Waals surface area contributed by atoms with Crippen LogP contribution in [0.4, 0.5) is 0 Å². The highest BCUT2D eigenvalue weighted by atomic mass is 16.5. The minimum absolute atomic E-state index is 0.129. The summed E-state index contributed by atoms with van der Waals surface area (Å²) >= 11 is 0. The van der Waals surface area contributed by atoms with Crippen molar-refractivity contribution in [3.63, 3.8) is 0 Å². The van der Waals surface area contributed by atoms with Crippen molar-refractivity contribution in [2.24, 2.45) is 11.7 Å². The number of hydrogen-bond donors (Lipinski definition) is 2. The molecule has 0 aromatic carbocycles. The van der Waals surface area contributed by atoms with Crippen molar-refractivity contribution in [1.82, 2.24) is 4.90 Å². The smallest absolute Gasteiger partial charge is 0.188 e. The van der Waals surface area contributed by atoms with Gasteiger partial charge in [0.2, 0.25) is 0 Å². The maximum atomic E-state index is 7.12. The number of nitrogens with zero attached hydrogens (tertiary/aromatic N) is 1. The molecule has 0 saturated carbocycles. The molecule has 0 radical (unpaired) electrons. The fourth-order valence-electron chi connectivity index (χ4n) is 1.08. The van der Waals surface area contributed by atoms with Crippen molar-refractivity contribution >= 4 is 5.96 Å². The molecule has 4 heteroatoms. The van der Waals surface area contributed by atoms with E-state index >= 15 is 0 Å². The molecular weight excluding hydrogens is 142 g/mol. The largest absolute Gasteiger partial charge is 0.378 e. The Labute approximate surface area is 66.8 Å². The van der Waals surface area contributed by atoms with Crippen molar-refractivity contribution in [2.75, 3.05) is 20.2 Å². The minimum atomic E-state index is 0.129. The molecule has 1 heterocycles. The van der Waals surface area contributed by atoms with Gasteiger partial charge in [-0.25, -0.2) is 0 Å². The van der Waals surface area contributed by atoms with Crippen LogP contribution in [0.1, 0.15) is 6.92 Å². The van der Waals surface area contributed by atoms with Gasteiger partial charge in [-0.1, -0.05) is 0 Å².